The Bertz CT molecular complexity index is 1190. The lowest BCUT2D eigenvalue weighted by Gasteiger charge is -2.20. The van der Waals surface area contributed by atoms with Gasteiger partial charge in [-0.3, -0.25) is 4.79 Å². The third-order valence-electron chi connectivity index (χ3n) is 5.39. The number of hydrogen-bond acceptors (Lipinski definition) is 7. The number of nitrogens with two attached hydrogens (primary N) is 2. The van der Waals surface area contributed by atoms with Gasteiger partial charge in [-0.05, 0) is 37.0 Å². The van der Waals surface area contributed by atoms with Crippen molar-refractivity contribution < 1.29 is 24.6 Å². The highest BCUT2D eigenvalue weighted by Crippen LogP contribution is 2.24. The summed E-state index contributed by atoms with van der Waals surface area (Å²) in [6.07, 6.45) is 7.04. The fourth-order valence-electron chi connectivity index (χ4n) is 3.52. The quantitative estimate of drug-likeness (QED) is 0.355. The number of carboxylic acid groups (broad SMARTS) is 2. The van der Waals surface area contributed by atoms with Crippen LogP contribution in [0.1, 0.15) is 24.8 Å². The molecule has 0 bridgehead atoms. The minimum atomic E-state index is -1.35. The third kappa shape index (κ3) is 5.94. The Kier molecular flexibility index (Phi) is 7.07. The molecule has 1 aliphatic rings. The molecule has 0 spiro atoms. The molecular formula is C23H25N5O5. The van der Waals surface area contributed by atoms with Gasteiger partial charge in [0.15, 0.2) is 0 Å². The molecule has 0 aliphatic heterocycles. The molecule has 7 N–H and O–H groups in total. The average molecular weight is 451 g/mol. The van der Waals surface area contributed by atoms with Crippen molar-refractivity contribution in [3.63, 3.8) is 0 Å². The van der Waals surface area contributed by atoms with E-state index >= 15 is 0 Å². The van der Waals surface area contributed by atoms with E-state index in [4.69, 9.17) is 16.6 Å². The number of allylic oxidation sites excluding steroid dienone is 3. The lowest BCUT2D eigenvalue weighted by molar-refractivity contribution is -0.142. The second-order valence-electron chi connectivity index (χ2n) is 7.81. The summed E-state index contributed by atoms with van der Waals surface area (Å²) in [5.74, 6) is -3.16. The predicted molar refractivity (Wildman–Crippen MR) is 123 cm³/mol. The summed E-state index contributed by atoms with van der Waals surface area (Å²) in [5, 5.41) is 21.3. The van der Waals surface area contributed by atoms with Gasteiger partial charge in [0.2, 0.25) is 11.9 Å². The highest BCUT2D eigenvalue weighted by molar-refractivity contribution is 5.90. The molecule has 10 nitrogen and oxygen atoms in total. The molecular weight excluding hydrogens is 426 g/mol. The van der Waals surface area contributed by atoms with E-state index in [2.05, 4.69) is 21.9 Å². The molecule has 2 unspecified atom stereocenters. The van der Waals surface area contributed by atoms with Gasteiger partial charge in [0.05, 0.1) is 11.4 Å². The zero-order chi connectivity index (χ0) is 24.1. The number of amides is 1. The number of hydrogen-bond donors (Lipinski definition) is 5. The maximum Gasteiger partial charge on any atom is 0.331 e. The minimum Gasteiger partial charge on any atom is -0.480 e. The van der Waals surface area contributed by atoms with Crippen LogP contribution in [-0.2, 0) is 20.8 Å². The number of carboxylic acids is 2. The summed E-state index contributed by atoms with van der Waals surface area (Å²) in [6.45, 7) is 3.32. The van der Waals surface area contributed by atoms with Crippen molar-refractivity contribution in [1.29, 1.82) is 0 Å². The Morgan fingerprint density at radius 2 is 1.94 bits per heavy atom. The second kappa shape index (κ2) is 9.94. The molecule has 0 radical (unpaired) electrons. The van der Waals surface area contributed by atoms with E-state index in [0.717, 1.165) is 29.4 Å². The molecule has 33 heavy (non-hydrogen) atoms. The van der Waals surface area contributed by atoms with Crippen LogP contribution >= 0.6 is 0 Å². The molecule has 1 amide bonds. The molecule has 0 fully saturated rings. The van der Waals surface area contributed by atoms with E-state index in [1.807, 2.05) is 30.4 Å². The molecule has 1 aliphatic carbocycles. The van der Waals surface area contributed by atoms with Crippen molar-refractivity contribution in [2.45, 2.75) is 31.7 Å². The molecule has 10 heteroatoms. The maximum absolute atomic E-state index is 12.5. The van der Waals surface area contributed by atoms with Crippen LogP contribution in [0.2, 0.25) is 0 Å². The molecule has 2 atom stereocenters. The van der Waals surface area contributed by atoms with Gasteiger partial charge in [-0.1, -0.05) is 36.4 Å². The van der Waals surface area contributed by atoms with Crippen molar-refractivity contribution >= 4 is 40.5 Å². The van der Waals surface area contributed by atoms with Crippen LogP contribution in [0, 0.1) is 5.92 Å². The number of nitrogens with zero attached hydrogens (tertiary/aromatic N) is 2. The van der Waals surface area contributed by atoms with E-state index in [0.29, 0.717) is 17.8 Å². The molecule has 1 aromatic carbocycles. The number of aryl methyl sites for hydroxylation is 1. The Morgan fingerprint density at radius 3 is 2.58 bits per heavy atom. The topological polar surface area (TPSA) is 182 Å². The van der Waals surface area contributed by atoms with Crippen LogP contribution in [0.25, 0.3) is 10.9 Å². The fraction of sp³-hybridized carbons (Fsp3) is 0.261. The number of carbonyl (C=O) groups is 3. The van der Waals surface area contributed by atoms with Gasteiger partial charge in [0, 0.05) is 17.4 Å². The molecule has 1 heterocycles. The van der Waals surface area contributed by atoms with Crippen molar-refractivity contribution in [2.24, 2.45) is 5.92 Å². The van der Waals surface area contributed by atoms with Crippen molar-refractivity contribution in [3.05, 3.63) is 59.7 Å². The molecule has 172 valence electrons. The van der Waals surface area contributed by atoms with E-state index in [1.54, 1.807) is 6.08 Å². The fourth-order valence-corrected chi connectivity index (χ4v) is 3.52. The Morgan fingerprint density at radius 1 is 1.18 bits per heavy atom. The highest BCUT2D eigenvalue weighted by Gasteiger charge is 2.26. The van der Waals surface area contributed by atoms with Crippen LogP contribution in [0.3, 0.4) is 0 Å². The van der Waals surface area contributed by atoms with Gasteiger partial charge in [-0.15, -0.1) is 0 Å². The zero-order valence-electron chi connectivity index (χ0n) is 17.8. The summed E-state index contributed by atoms with van der Waals surface area (Å²) < 4.78 is 0. The van der Waals surface area contributed by atoms with Gasteiger partial charge in [0.25, 0.3) is 0 Å². The lowest BCUT2D eigenvalue weighted by Crippen LogP contribution is -2.44. The van der Waals surface area contributed by atoms with E-state index < -0.39 is 29.8 Å². The number of fused-ring (bicyclic) bond motifs is 1. The van der Waals surface area contributed by atoms with Gasteiger partial charge in [-0.25, -0.2) is 14.6 Å². The number of nitrogens with one attached hydrogen (secondary N) is 1. The summed E-state index contributed by atoms with van der Waals surface area (Å²) in [4.78, 5) is 42.9. The van der Waals surface area contributed by atoms with E-state index in [-0.39, 0.29) is 17.9 Å². The normalized spacial score (nSPS) is 16.1. The van der Waals surface area contributed by atoms with E-state index in [9.17, 15) is 19.5 Å². The number of carbonyl (C=O) groups excluding carboxylic acids is 1. The Balaban J connectivity index is 1.56. The van der Waals surface area contributed by atoms with Crippen LogP contribution in [0.15, 0.2) is 54.2 Å². The van der Waals surface area contributed by atoms with Crippen LogP contribution < -0.4 is 16.8 Å². The van der Waals surface area contributed by atoms with Crippen LogP contribution in [0.5, 0.6) is 0 Å². The third-order valence-corrected chi connectivity index (χ3v) is 5.39. The van der Waals surface area contributed by atoms with Gasteiger partial charge < -0.3 is 27.0 Å². The zero-order valence-corrected chi connectivity index (χ0v) is 17.8. The number of benzene rings is 1. The standard InChI is InChI=1S/C23H25N5O5/c1-12(21(30)31)10-18(22(32)33)26-20(29)15-7-4-13(5-8-15)2-3-14-6-9-17-16(11-14)19(24)28-23(25)27-17/h4-7,9,11,15,18H,1-3,8,10H2,(H,26,29)(H,30,31)(H,32,33)(H4,24,25,27,28). The predicted octanol–water partition coefficient (Wildman–Crippen LogP) is 1.83. The monoisotopic (exact) mass is 451 g/mol. The van der Waals surface area contributed by atoms with Gasteiger partial charge in [0.1, 0.15) is 11.9 Å². The number of rotatable bonds is 9. The largest absolute Gasteiger partial charge is 0.480 e. The summed E-state index contributed by atoms with van der Waals surface area (Å²) in [5.41, 5.74) is 14.1. The smallest absolute Gasteiger partial charge is 0.331 e. The SMILES string of the molecule is C=C(CC(NC(=O)C1C=CC(CCc2ccc3nc(N)nc(N)c3c2)=CC1)C(=O)O)C(=O)O. The van der Waals surface area contributed by atoms with Crippen molar-refractivity contribution in [1.82, 2.24) is 15.3 Å². The minimum absolute atomic E-state index is 0.130. The number of anilines is 2. The second-order valence-corrected chi connectivity index (χ2v) is 7.81. The Labute approximate surface area is 189 Å². The van der Waals surface area contributed by atoms with Crippen molar-refractivity contribution in [3.8, 4) is 0 Å². The number of aromatic nitrogens is 2. The first kappa shape index (κ1) is 23.5. The van der Waals surface area contributed by atoms with Gasteiger partial charge in [-0.2, -0.15) is 4.98 Å². The van der Waals surface area contributed by atoms with Crippen molar-refractivity contribution in [2.75, 3.05) is 11.5 Å². The molecule has 0 saturated carbocycles. The van der Waals surface area contributed by atoms with E-state index in [1.165, 1.54) is 0 Å². The first-order valence-electron chi connectivity index (χ1n) is 10.3. The highest BCUT2D eigenvalue weighted by atomic mass is 16.4. The van der Waals surface area contributed by atoms with Gasteiger partial charge >= 0.3 is 11.9 Å². The Hall–Kier alpha value is -4.21. The lowest BCUT2D eigenvalue weighted by atomic mass is 9.92. The molecule has 1 aromatic heterocycles. The first-order valence-corrected chi connectivity index (χ1v) is 10.3. The first-order chi connectivity index (χ1) is 15.6. The number of aliphatic carboxylic acids is 2. The molecule has 0 saturated heterocycles. The summed E-state index contributed by atoms with van der Waals surface area (Å²) in [7, 11) is 0. The summed E-state index contributed by atoms with van der Waals surface area (Å²) in [6, 6.07) is 4.39. The van der Waals surface area contributed by atoms with Crippen LogP contribution in [0.4, 0.5) is 11.8 Å². The maximum atomic E-state index is 12.5. The molecule has 3 rings (SSSR count). The van der Waals surface area contributed by atoms with Crippen LogP contribution in [-0.4, -0.2) is 44.1 Å². The molecule has 2 aromatic rings. The number of nitrogen functional groups attached to an aromatic ring is 2. The average Bonchev–Trinajstić information content (AvgIpc) is 2.77. The summed E-state index contributed by atoms with van der Waals surface area (Å²) >= 11 is 0.